The maximum Gasteiger partial charge on any atom is 0.490 e. The Morgan fingerprint density at radius 1 is 1.40 bits per heavy atom. The average molecular weight is 220 g/mol. The SMILES string of the molecule is CNc1ncc(B(O)O)cc1C(F)(F)F. The monoisotopic (exact) mass is 220 g/mol. The predicted molar refractivity (Wildman–Crippen MR) is 48.6 cm³/mol. The second-order valence-electron chi connectivity index (χ2n) is 2.79. The largest absolute Gasteiger partial charge is 0.490 e. The zero-order valence-corrected chi connectivity index (χ0v) is 7.71. The lowest BCUT2D eigenvalue weighted by Crippen LogP contribution is -2.31. The van der Waals surface area contributed by atoms with E-state index in [-0.39, 0.29) is 11.3 Å². The van der Waals surface area contributed by atoms with Crippen molar-refractivity contribution in [2.75, 3.05) is 12.4 Å². The summed E-state index contributed by atoms with van der Waals surface area (Å²) in [5.74, 6) is -0.355. The Labute approximate surface area is 83.9 Å². The zero-order chi connectivity index (χ0) is 11.6. The first-order chi connectivity index (χ1) is 6.86. The third-order valence-electron chi connectivity index (χ3n) is 1.75. The molecule has 0 spiro atoms. The van der Waals surface area contributed by atoms with Crippen molar-refractivity contribution in [2.45, 2.75) is 6.18 Å². The normalized spacial score (nSPS) is 11.3. The molecule has 0 radical (unpaired) electrons. The highest BCUT2D eigenvalue weighted by Gasteiger charge is 2.35. The van der Waals surface area contributed by atoms with Crippen LogP contribution < -0.4 is 10.8 Å². The summed E-state index contributed by atoms with van der Waals surface area (Å²) >= 11 is 0. The van der Waals surface area contributed by atoms with Crippen LogP contribution >= 0.6 is 0 Å². The van der Waals surface area contributed by atoms with E-state index in [1.807, 2.05) is 0 Å². The topological polar surface area (TPSA) is 65.4 Å². The predicted octanol–water partition coefficient (Wildman–Crippen LogP) is -0.178. The first-order valence-corrected chi connectivity index (χ1v) is 3.97. The Morgan fingerprint density at radius 2 is 2.00 bits per heavy atom. The number of aromatic nitrogens is 1. The van der Waals surface area contributed by atoms with Gasteiger partial charge in [0.15, 0.2) is 0 Å². The molecule has 0 aliphatic carbocycles. The molecule has 0 aliphatic heterocycles. The lowest BCUT2D eigenvalue weighted by atomic mass is 9.81. The Bertz CT molecular complexity index is 357. The van der Waals surface area contributed by atoms with Gasteiger partial charge in [-0.25, -0.2) is 4.98 Å². The summed E-state index contributed by atoms with van der Waals surface area (Å²) in [6, 6.07) is 0.642. The summed E-state index contributed by atoms with van der Waals surface area (Å²) in [5, 5.41) is 19.7. The Kier molecular flexibility index (Phi) is 3.20. The van der Waals surface area contributed by atoms with Gasteiger partial charge in [-0.15, -0.1) is 0 Å². The van der Waals surface area contributed by atoms with Crippen LogP contribution in [0.15, 0.2) is 12.3 Å². The minimum atomic E-state index is -4.59. The van der Waals surface area contributed by atoms with Crippen molar-refractivity contribution < 1.29 is 23.2 Å². The number of halogens is 3. The van der Waals surface area contributed by atoms with Crippen LogP contribution in [0.4, 0.5) is 19.0 Å². The van der Waals surface area contributed by atoms with Gasteiger partial charge in [0.2, 0.25) is 0 Å². The maximum absolute atomic E-state index is 12.4. The van der Waals surface area contributed by atoms with E-state index < -0.39 is 18.9 Å². The van der Waals surface area contributed by atoms with Gasteiger partial charge in [-0.1, -0.05) is 0 Å². The molecule has 0 amide bonds. The summed E-state index contributed by atoms with van der Waals surface area (Å²) in [5.41, 5.74) is -1.34. The first-order valence-electron chi connectivity index (χ1n) is 3.97. The molecule has 82 valence electrons. The number of anilines is 1. The molecule has 0 atom stereocenters. The van der Waals surface area contributed by atoms with Gasteiger partial charge in [0, 0.05) is 18.7 Å². The highest BCUT2D eigenvalue weighted by Crippen LogP contribution is 2.32. The number of rotatable bonds is 2. The van der Waals surface area contributed by atoms with E-state index in [9.17, 15) is 13.2 Å². The molecular weight excluding hydrogens is 212 g/mol. The van der Waals surface area contributed by atoms with E-state index in [1.54, 1.807) is 0 Å². The summed E-state index contributed by atoms with van der Waals surface area (Å²) in [7, 11) is -0.670. The van der Waals surface area contributed by atoms with Crippen LogP contribution in [0.25, 0.3) is 0 Å². The molecule has 0 unspecified atom stereocenters. The molecule has 15 heavy (non-hydrogen) atoms. The van der Waals surface area contributed by atoms with Gasteiger partial charge in [-0.3, -0.25) is 0 Å². The summed E-state index contributed by atoms with van der Waals surface area (Å²) in [6.45, 7) is 0. The fourth-order valence-electron chi connectivity index (χ4n) is 1.04. The van der Waals surface area contributed by atoms with E-state index in [0.717, 1.165) is 6.20 Å². The molecule has 8 heteroatoms. The van der Waals surface area contributed by atoms with Crippen LogP contribution in [-0.4, -0.2) is 29.2 Å². The van der Waals surface area contributed by atoms with E-state index >= 15 is 0 Å². The Balaban J connectivity index is 3.26. The minimum Gasteiger partial charge on any atom is -0.423 e. The van der Waals surface area contributed by atoms with Crippen LogP contribution in [0.5, 0.6) is 0 Å². The van der Waals surface area contributed by atoms with Gasteiger partial charge < -0.3 is 15.4 Å². The molecule has 1 rings (SSSR count). The van der Waals surface area contributed by atoms with Crippen molar-refractivity contribution in [3.8, 4) is 0 Å². The number of nitrogens with one attached hydrogen (secondary N) is 1. The quantitative estimate of drug-likeness (QED) is 0.605. The highest BCUT2D eigenvalue weighted by atomic mass is 19.4. The third-order valence-corrected chi connectivity index (χ3v) is 1.75. The van der Waals surface area contributed by atoms with E-state index in [1.165, 1.54) is 7.05 Å². The van der Waals surface area contributed by atoms with Crippen molar-refractivity contribution >= 4 is 18.4 Å². The second kappa shape index (κ2) is 4.07. The van der Waals surface area contributed by atoms with Gasteiger partial charge in [0.1, 0.15) is 5.82 Å². The number of pyridine rings is 1. The summed E-state index contributed by atoms with van der Waals surface area (Å²) < 4.78 is 37.3. The van der Waals surface area contributed by atoms with E-state index in [0.29, 0.717) is 6.07 Å². The lowest BCUT2D eigenvalue weighted by molar-refractivity contribution is -0.137. The summed E-state index contributed by atoms with van der Waals surface area (Å²) in [4.78, 5) is 3.43. The number of alkyl halides is 3. The van der Waals surface area contributed by atoms with Gasteiger partial charge in [-0.05, 0) is 6.07 Å². The molecule has 1 aromatic heterocycles. The van der Waals surface area contributed by atoms with Crippen LogP contribution in [0, 0.1) is 0 Å². The number of hydrogen-bond donors (Lipinski definition) is 3. The molecule has 0 aliphatic rings. The Hall–Kier alpha value is -1.28. The molecule has 0 aromatic carbocycles. The van der Waals surface area contributed by atoms with Crippen LogP contribution in [-0.2, 0) is 6.18 Å². The molecule has 3 N–H and O–H groups in total. The van der Waals surface area contributed by atoms with Gasteiger partial charge in [0.25, 0.3) is 0 Å². The molecule has 1 heterocycles. The lowest BCUT2D eigenvalue weighted by Gasteiger charge is -2.12. The smallest absolute Gasteiger partial charge is 0.423 e. The van der Waals surface area contributed by atoms with Gasteiger partial charge in [0.05, 0.1) is 5.56 Å². The maximum atomic E-state index is 12.4. The molecule has 0 fully saturated rings. The van der Waals surface area contributed by atoms with Crippen LogP contribution in [0.2, 0.25) is 0 Å². The van der Waals surface area contributed by atoms with Crippen molar-refractivity contribution in [3.63, 3.8) is 0 Å². The summed E-state index contributed by atoms with van der Waals surface area (Å²) in [6.07, 6.45) is -3.62. The average Bonchev–Trinajstić information content (AvgIpc) is 2.15. The zero-order valence-electron chi connectivity index (χ0n) is 7.71. The third kappa shape index (κ3) is 2.60. The number of nitrogens with zero attached hydrogens (tertiary/aromatic N) is 1. The molecular formula is C7H8BF3N2O2. The highest BCUT2D eigenvalue weighted by molar-refractivity contribution is 6.58. The van der Waals surface area contributed by atoms with Crippen LogP contribution in [0.1, 0.15) is 5.56 Å². The second-order valence-corrected chi connectivity index (χ2v) is 2.79. The Morgan fingerprint density at radius 3 is 2.40 bits per heavy atom. The molecule has 0 saturated heterocycles. The van der Waals surface area contributed by atoms with Crippen molar-refractivity contribution in [2.24, 2.45) is 0 Å². The first kappa shape index (κ1) is 11.8. The van der Waals surface area contributed by atoms with E-state index in [2.05, 4.69) is 10.3 Å². The molecule has 0 bridgehead atoms. The fourth-order valence-corrected chi connectivity index (χ4v) is 1.04. The van der Waals surface area contributed by atoms with Crippen molar-refractivity contribution in [1.82, 2.24) is 4.98 Å². The van der Waals surface area contributed by atoms with Crippen molar-refractivity contribution in [3.05, 3.63) is 17.8 Å². The van der Waals surface area contributed by atoms with Gasteiger partial charge >= 0.3 is 13.3 Å². The molecule has 4 nitrogen and oxygen atoms in total. The van der Waals surface area contributed by atoms with E-state index in [4.69, 9.17) is 10.0 Å². The molecule has 0 saturated carbocycles. The number of hydrogen-bond acceptors (Lipinski definition) is 4. The standard InChI is InChI=1S/C7H8BF3N2O2/c1-12-6-5(7(9,10)11)2-4(3-13-6)8(14)15/h2-3,14-15H,1H3,(H,12,13). The van der Waals surface area contributed by atoms with Gasteiger partial charge in [-0.2, -0.15) is 13.2 Å². The fraction of sp³-hybridized carbons (Fsp3) is 0.286. The van der Waals surface area contributed by atoms with Crippen LogP contribution in [0.3, 0.4) is 0 Å². The van der Waals surface area contributed by atoms with Crippen molar-refractivity contribution in [1.29, 1.82) is 0 Å². The molecule has 1 aromatic rings. The minimum absolute atomic E-state index is 0.304.